The van der Waals surface area contributed by atoms with Crippen molar-refractivity contribution < 1.29 is 17.6 Å². The molecule has 24 heavy (non-hydrogen) atoms. The van der Waals surface area contributed by atoms with Gasteiger partial charge in [0.2, 0.25) is 11.8 Å². The zero-order valence-corrected chi connectivity index (χ0v) is 13.8. The van der Waals surface area contributed by atoms with E-state index in [1.54, 1.807) is 17.3 Å². The Labute approximate surface area is 139 Å². The fourth-order valence-electron chi connectivity index (χ4n) is 3.25. The van der Waals surface area contributed by atoms with Gasteiger partial charge in [-0.05, 0) is 18.6 Å². The Morgan fingerprint density at radius 3 is 2.96 bits per heavy atom. The van der Waals surface area contributed by atoms with Crippen LogP contribution in [0.1, 0.15) is 17.9 Å². The smallest absolute Gasteiger partial charge is 0.228 e. The highest BCUT2D eigenvalue weighted by molar-refractivity contribution is 7.91. The van der Waals surface area contributed by atoms with Crippen molar-refractivity contribution in [3.8, 4) is 11.5 Å². The van der Waals surface area contributed by atoms with E-state index in [1.807, 2.05) is 12.1 Å². The van der Waals surface area contributed by atoms with Gasteiger partial charge in [-0.25, -0.2) is 13.4 Å². The van der Waals surface area contributed by atoms with Gasteiger partial charge in [0, 0.05) is 25.4 Å². The second-order valence-corrected chi connectivity index (χ2v) is 8.47. The van der Waals surface area contributed by atoms with Crippen LogP contribution in [-0.2, 0) is 27.6 Å². The van der Waals surface area contributed by atoms with Gasteiger partial charge in [-0.2, -0.15) is 0 Å². The van der Waals surface area contributed by atoms with Crippen LogP contribution in [0.2, 0.25) is 0 Å². The quantitative estimate of drug-likeness (QED) is 0.806. The summed E-state index contributed by atoms with van der Waals surface area (Å²) in [6.07, 6.45) is 4.38. The summed E-state index contributed by atoms with van der Waals surface area (Å²) in [7, 11) is -3.06. The van der Waals surface area contributed by atoms with E-state index in [0.717, 1.165) is 17.0 Å². The monoisotopic (exact) mass is 347 g/mol. The van der Waals surface area contributed by atoms with E-state index in [0.29, 0.717) is 31.8 Å². The predicted octanol–water partition coefficient (Wildman–Crippen LogP) is 1.06. The van der Waals surface area contributed by atoms with E-state index in [2.05, 4.69) is 9.97 Å². The molecule has 0 bridgehead atoms. The normalized spacial score (nSPS) is 22.3. The number of hydrogen-bond acceptors (Lipinski definition) is 6. The fourth-order valence-corrected chi connectivity index (χ4v) is 4.98. The molecule has 1 atom stereocenters. The molecule has 0 N–H and O–H groups in total. The number of hydrogen-bond donors (Lipinski definition) is 0. The lowest BCUT2D eigenvalue weighted by Crippen LogP contribution is -2.40. The van der Waals surface area contributed by atoms with Gasteiger partial charge >= 0.3 is 0 Å². The van der Waals surface area contributed by atoms with Crippen molar-refractivity contribution in [1.29, 1.82) is 0 Å². The number of sulfone groups is 1. The summed E-state index contributed by atoms with van der Waals surface area (Å²) in [6.45, 7) is 0.901. The number of aromatic nitrogens is 2. The number of oxazole rings is 1. The molecule has 4 heterocycles. The van der Waals surface area contributed by atoms with Crippen molar-refractivity contribution in [3.63, 3.8) is 0 Å². The largest absolute Gasteiger partial charge is 0.441 e. The van der Waals surface area contributed by atoms with Gasteiger partial charge in [-0.3, -0.25) is 9.78 Å². The van der Waals surface area contributed by atoms with Crippen molar-refractivity contribution in [3.05, 3.63) is 36.0 Å². The van der Waals surface area contributed by atoms with E-state index < -0.39 is 15.8 Å². The molecule has 2 aliphatic rings. The van der Waals surface area contributed by atoms with Gasteiger partial charge in [0.05, 0.1) is 29.5 Å². The van der Waals surface area contributed by atoms with Crippen molar-refractivity contribution in [2.45, 2.75) is 19.4 Å². The summed E-state index contributed by atoms with van der Waals surface area (Å²) in [6, 6.07) is 3.69. The molecule has 1 unspecified atom stereocenters. The average Bonchev–Trinajstić information content (AvgIpc) is 3.17. The predicted molar refractivity (Wildman–Crippen MR) is 85.6 cm³/mol. The summed E-state index contributed by atoms with van der Waals surface area (Å²) < 4.78 is 29.0. The van der Waals surface area contributed by atoms with Crippen molar-refractivity contribution in [2.24, 2.45) is 5.92 Å². The zero-order valence-electron chi connectivity index (χ0n) is 13.0. The summed E-state index contributed by atoms with van der Waals surface area (Å²) in [4.78, 5) is 22.8. The lowest BCUT2D eigenvalue weighted by molar-refractivity contribution is -0.135. The second-order valence-electron chi connectivity index (χ2n) is 6.24. The fraction of sp³-hybridized carbons (Fsp3) is 0.438. The Balaban J connectivity index is 1.52. The highest BCUT2D eigenvalue weighted by atomic mass is 32.2. The molecule has 126 valence electrons. The first-order valence-electron chi connectivity index (χ1n) is 7.90. The van der Waals surface area contributed by atoms with Gasteiger partial charge < -0.3 is 9.32 Å². The Morgan fingerprint density at radius 1 is 1.38 bits per heavy atom. The van der Waals surface area contributed by atoms with Crippen LogP contribution in [0.4, 0.5) is 0 Å². The molecule has 0 spiro atoms. The summed E-state index contributed by atoms with van der Waals surface area (Å²) in [5.74, 6) is 0.865. The van der Waals surface area contributed by atoms with Crippen molar-refractivity contribution in [1.82, 2.24) is 14.9 Å². The van der Waals surface area contributed by atoms with E-state index in [4.69, 9.17) is 4.42 Å². The first-order chi connectivity index (χ1) is 11.5. The molecule has 4 rings (SSSR count). The van der Waals surface area contributed by atoms with Gasteiger partial charge in [-0.15, -0.1) is 0 Å². The number of nitrogens with zero attached hydrogens (tertiary/aromatic N) is 3. The Kier molecular flexibility index (Phi) is 3.64. The lowest BCUT2D eigenvalue weighted by Gasteiger charge is -2.27. The van der Waals surface area contributed by atoms with Gasteiger partial charge in [0.25, 0.3) is 0 Å². The number of carbonyl (C=O) groups excluding carboxylic acids is 1. The highest BCUT2D eigenvalue weighted by Crippen LogP contribution is 2.28. The van der Waals surface area contributed by atoms with Crippen LogP contribution in [-0.4, -0.2) is 47.2 Å². The summed E-state index contributed by atoms with van der Waals surface area (Å²) in [5, 5.41) is 0. The molecular formula is C16H17N3O4S. The van der Waals surface area contributed by atoms with Gasteiger partial charge in [0.15, 0.2) is 9.84 Å². The Hall–Kier alpha value is -2.22. The maximum absolute atomic E-state index is 12.6. The molecule has 2 aromatic rings. The minimum Gasteiger partial charge on any atom is -0.441 e. The molecule has 0 aromatic carbocycles. The average molecular weight is 347 g/mol. The Morgan fingerprint density at radius 2 is 2.25 bits per heavy atom. The van der Waals surface area contributed by atoms with E-state index in [9.17, 15) is 13.2 Å². The first kappa shape index (κ1) is 15.3. The summed E-state index contributed by atoms with van der Waals surface area (Å²) >= 11 is 0. The standard InChI is InChI=1S/C16H17N3O4S/c20-16(12-4-7-24(21,22)10-12)19-6-3-14-13(9-19)18-15(23-14)11-2-1-5-17-8-11/h1-2,5,8,12H,3-4,6-7,9-10H2. The van der Waals surface area contributed by atoms with Crippen LogP contribution in [0.3, 0.4) is 0 Å². The third-order valence-electron chi connectivity index (χ3n) is 4.53. The maximum atomic E-state index is 12.6. The number of rotatable bonds is 2. The molecule has 2 aliphatic heterocycles. The topological polar surface area (TPSA) is 93.4 Å². The highest BCUT2D eigenvalue weighted by Gasteiger charge is 2.37. The molecular weight excluding hydrogens is 330 g/mol. The van der Waals surface area contributed by atoms with E-state index in [1.165, 1.54) is 0 Å². The zero-order chi connectivity index (χ0) is 16.7. The minimum atomic E-state index is -3.06. The third kappa shape index (κ3) is 2.82. The van der Waals surface area contributed by atoms with Crippen LogP contribution in [0.15, 0.2) is 28.9 Å². The van der Waals surface area contributed by atoms with Gasteiger partial charge in [0.1, 0.15) is 11.5 Å². The van der Waals surface area contributed by atoms with Crippen molar-refractivity contribution >= 4 is 15.7 Å². The molecule has 1 fully saturated rings. The molecule has 0 aliphatic carbocycles. The van der Waals surface area contributed by atoms with E-state index >= 15 is 0 Å². The van der Waals surface area contributed by atoms with Crippen molar-refractivity contribution in [2.75, 3.05) is 18.1 Å². The second kappa shape index (κ2) is 5.70. The molecule has 0 saturated carbocycles. The molecule has 2 aromatic heterocycles. The van der Waals surface area contributed by atoms with Crippen LogP contribution >= 0.6 is 0 Å². The van der Waals surface area contributed by atoms with Gasteiger partial charge in [-0.1, -0.05) is 0 Å². The first-order valence-corrected chi connectivity index (χ1v) is 9.72. The number of fused-ring (bicyclic) bond motifs is 1. The van der Waals surface area contributed by atoms with Crippen LogP contribution in [0.5, 0.6) is 0 Å². The Bertz CT molecular complexity index is 876. The molecule has 7 nitrogen and oxygen atoms in total. The molecule has 0 radical (unpaired) electrons. The SMILES string of the molecule is O=C(C1CCS(=O)(=O)C1)N1CCc2oc(-c3cccnc3)nc2C1. The third-order valence-corrected chi connectivity index (χ3v) is 6.30. The molecule has 1 saturated heterocycles. The van der Waals surface area contributed by atoms with E-state index in [-0.39, 0.29) is 17.4 Å². The molecule has 8 heteroatoms. The number of amides is 1. The van der Waals surface area contributed by atoms with Crippen LogP contribution < -0.4 is 0 Å². The minimum absolute atomic E-state index is 0.0328. The summed E-state index contributed by atoms with van der Waals surface area (Å²) in [5.41, 5.74) is 1.54. The maximum Gasteiger partial charge on any atom is 0.228 e. The number of carbonyl (C=O) groups is 1. The number of pyridine rings is 1. The lowest BCUT2D eigenvalue weighted by atomic mass is 10.1. The van der Waals surface area contributed by atoms with Crippen LogP contribution in [0, 0.1) is 5.92 Å². The van der Waals surface area contributed by atoms with Crippen LogP contribution in [0.25, 0.3) is 11.5 Å². The molecule has 1 amide bonds.